The van der Waals surface area contributed by atoms with E-state index in [0.29, 0.717) is 12.8 Å². The molecule has 2 aliphatic rings. The number of esters is 1. The normalized spacial score (nSPS) is 40.0. The second kappa shape index (κ2) is 2.87. The van der Waals surface area contributed by atoms with Crippen molar-refractivity contribution in [2.45, 2.75) is 31.4 Å². The van der Waals surface area contributed by atoms with Crippen molar-refractivity contribution < 1.29 is 19.1 Å². The lowest BCUT2D eigenvalue weighted by Gasteiger charge is -2.44. The lowest BCUT2D eigenvalue weighted by Crippen LogP contribution is -2.59. The van der Waals surface area contributed by atoms with Crippen LogP contribution in [-0.2, 0) is 14.3 Å². The monoisotopic (exact) mass is 199 g/mol. The van der Waals surface area contributed by atoms with Gasteiger partial charge in [0.2, 0.25) is 0 Å². The quantitative estimate of drug-likeness (QED) is 0.622. The average Bonchev–Trinajstić information content (AvgIpc) is 2.37. The van der Waals surface area contributed by atoms with E-state index >= 15 is 0 Å². The molecule has 1 unspecified atom stereocenters. The highest BCUT2D eigenvalue weighted by atomic mass is 16.6. The van der Waals surface area contributed by atoms with Crippen LogP contribution in [0, 0.1) is 5.92 Å². The molecule has 0 radical (unpaired) electrons. The van der Waals surface area contributed by atoms with Gasteiger partial charge >= 0.3 is 12.1 Å². The Morgan fingerprint density at radius 1 is 1.64 bits per heavy atom. The van der Waals surface area contributed by atoms with Crippen LogP contribution in [0.15, 0.2) is 0 Å². The smallest absolute Gasteiger partial charge is 0.408 e. The van der Waals surface area contributed by atoms with Gasteiger partial charge in [-0.1, -0.05) is 0 Å². The molecule has 0 aromatic rings. The largest absolute Gasteiger partial charge is 0.469 e. The van der Waals surface area contributed by atoms with E-state index in [2.05, 4.69) is 10.1 Å². The third-order valence-electron chi connectivity index (χ3n) is 3.17. The summed E-state index contributed by atoms with van der Waals surface area (Å²) in [6.45, 7) is 1.84. The van der Waals surface area contributed by atoms with Crippen LogP contribution in [0.3, 0.4) is 0 Å². The highest BCUT2D eigenvalue weighted by molar-refractivity contribution is 5.77. The van der Waals surface area contributed by atoms with Crippen LogP contribution in [0.2, 0.25) is 0 Å². The third kappa shape index (κ3) is 1.15. The molecule has 1 saturated carbocycles. The summed E-state index contributed by atoms with van der Waals surface area (Å²) in [6, 6.07) is 0. The molecule has 0 bridgehead atoms. The van der Waals surface area contributed by atoms with Crippen molar-refractivity contribution in [3.63, 3.8) is 0 Å². The lowest BCUT2D eigenvalue weighted by atomic mass is 9.66. The van der Waals surface area contributed by atoms with Gasteiger partial charge in [0.15, 0.2) is 0 Å². The first-order chi connectivity index (χ1) is 6.57. The molecule has 2 rings (SSSR count). The van der Waals surface area contributed by atoms with E-state index in [-0.39, 0.29) is 29.6 Å². The summed E-state index contributed by atoms with van der Waals surface area (Å²) in [6.07, 6.45) is 0.691. The van der Waals surface area contributed by atoms with E-state index < -0.39 is 0 Å². The van der Waals surface area contributed by atoms with Gasteiger partial charge in [0.05, 0.1) is 18.6 Å². The summed E-state index contributed by atoms with van der Waals surface area (Å²) in [5, 5.41) is 2.76. The first-order valence-corrected chi connectivity index (χ1v) is 4.64. The van der Waals surface area contributed by atoms with Crippen molar-refractivity contribution in [2.24, 2.45) is 5.92 Å². The van der Waals surface area contributed by atoms with Crippen molar-refractivity contribution in [2.75, 3.05) is 7.11 Å². The first kappa shape index (κ1) is 9.30. The fourth-order valence-electron chi connectivity index (χ4n) is 2.19. The van der Waals surface area contributed by atoms with Gasteiger partial charge in [0.1, 0.15) is 6.10 Å². The number of cyclic esters (lactones) is 1. The summed E-state index contributed by atoms with van der Waals surface area (Å²) >= 11 is 0. The van der Waals surface area contributed by atoms with E-state index in [4.69, 9.17) is 4.74 Å². The maximum atomic E-state index is 11.1. The predicted molar refractivity (Wildman–Crippen MR) is 46.5 cm³/mol. The Morgan fingerprint density at radius 2 is 2.29 bits per heavy atom. The molecule has 1 amide bonds. The SMILES string of the molecule is COC(=O)[C@H]1C[C@]2(C1)NC(=O)OC2C. The molecule has 1 spiro atoms. The van der Waals surface area contributed by atoms with Crippen LogP contribution in [0.1, 0.15) is 19.8 Å². The zero-order valence-corrected chi connectivity index (χ0v) is 8.20. The lowest BCUT2D eigenvalue weighted by molar-refractivity contribution is -0.152. The van der Waals surface area contributed by atoms with Crippen molar-refractivity contribution in [3.8, 4) is 0 Å². The van der Waals surface area contributed by atoms with Gasteiger partial charge in [-0.15, -0.1) is 0 Å². The number of nitrogens with one attached hydrogen (secondary N) is 1. The Kier molecular flexibility index (Phi) is 1.90. The van der Waals surface area contributed by atoms with Gasteiger partial charge in [-0.25, -0.2) is 4.79 Å². The molecule has 0 aromatic heterocycles. The van der Waals surface area contributed by atoms with Crippen LogP contribution in [-0.4, -0.2) is 30.8 Å². The molecule has 1 atom stereocenters. The van der Waals surface area contributed by atoms with Crippen LogP contribution >= 0.6 is 0 Å². The number of carbonyl (C=O) groups excluding carboxylic acids is 2. The third-order valence-corrected chi connectivity index (χ3v) is 3.17. The van der Waals surface area contributed by atoms with Crippen molar-refractivity contribution in [1.29, 1.82) is 0 Å². The molecule has 14 heavy (non-hydrogen) atoms. The zero-order chi connectivity index (χ0) is 10.3. The molecule has 1 N–H and O–H groups in total. The van der Waals surface area contributed by atoms with E-state index in [0.717, 1.165) is 0 Å². The predicted octanol–water partition coefficient (Wildman–Crippen LogP) is 0.437. The average molecular weight is 199 g/mol. The molecular weight excluding hydrogens is 186 g/mol. The van der Waals surface area contributed by atoms with Gasteiger partial charge in [0, 0.05) is 0 Å². The Bertz CT molecular complexity index is 283. The number of hydrogen-bond donors (Lipinski definition) is 1. The number of ether oxygens (including phenoxy) is 2. The first-order valence-electron chi connectivity index (χ1n) is 4.64. The minimum absolute atomic E-state index is 0.0931. The number of methoxy groups -OCH3 is 1. The fraction of sp³-hybridized carbons (Fsp3) is 0.778. The highest BCUT2D eigenvalue weighted by Crippen LogP contribution is 2.44. The summed E-state index contributed by atoms with van der Waals surface area (Å²) in [5.41, 5.74) is -0.323. The second-order valence-corrected chi connectivity index (χ2v) is 3.96. The summed E-state index contributed by atoms with van der Waals surface area (Å²) < 4.78 is 9.60. The van der Waals surface area contributed by atoms with Gasteiger partial charge < -0.3 is 14.8 Å². The summed E-state index contributed by atoms with van der Waals surface area (Å²) in [5.74, 6) is -0.298. The minimum atomic E-state index is -0.388. The number of alkyl carbamates (subject to hydrolysis) is 1. The molecule has 1 aliphatic heterocycles. The number of carbonyl (C=O) groups is 2. The molecule has 1 saturated heterocycles. The van der Waals surface area contributed by atoms with Gasteiger partial charge in [-0.3, -0.25) is 4.79 Å². The van der Waals surface area contributed by atoms with E-state index in [1.54, 1.807) is 0 Å². The molecule has 2 fully saturated rings. The molecule has 5 heteroatoms. The van der Waals surface area contributed by atoms with Gasteiger partial charge in [-0.2, -0.15) is 0 Å². The second-order valence-electron chi connectivity index (χ2n) is 3.96. The summed E-state index contributed by atoms with van der Waals surface area (Å²) in [4.78, 5) is 22.1. The van der Waals surface area contributed by atoms with Crippen molar-refractivity contribution in [3.05, 3.63) is 0 Å². The topological polar surface area (TPSA) is 64.6 Å². The zero-order valence-electron chi connectivity index (χ0n) is 8.20. The van der Waals surface area contributed by atoms with Crippen LogP contribution in [0.5, 0.6) is 0 Å². The molecule has 1 heterocycles. The molecule has 1 aliphatic carbocycles. The minimum Gasteiger partial charge on any atom is -0.469 e. The van der Waals surface area contributed by atoms with Crippen LogP contribution < -0.4 is 5.32 Å². The van der Waals surface area contributed by atoms with Crippen LogP contribution in [0.4, 0.5) is 4.79 Å². The Labute approximate surface area is 81.7 Å². The fourth-order valence-corrected chi connectivity index (χ4v) is 2.19. The number of rotatable bonds is 1. The Hall–Kier alpha value is -1.26. The Morgan fingerprint density at radius 3 is 2.71 bits per heavy atom. The molecule has 5 nitrogen and oxygen atoms in total. The maximum absolute atomic E-state index is 11.1. The van der Waals surface area contributed by atoms with Crippen molar-refractivity contribution in [1.82, 2.24) is 5.32 Å². The van der Waals surface area contributed by atoms with E-state index in [9.17, 15) is 9.59 Å². The highest BCUT2D eigenvalue weighted by Gasteiger charge is 2.57. The number of amides is 1. The van der Waals surface area contributed by atoms with E-state index in [1.165, 1.54) is 7.11 Å². The standard InChI is InChI=1S/C9H13NO4/c1-5-9(10-8(12)14-5)3-6(4-9)7(11)13-2/h5-6H,3-4H2,1-2H3,(H,10,12)/t5?,6-,9+. The molecule has 0 aromatic carbocycles. The van der Waals surface area contributed by atoms with Gasteiger partial charge in [0.25, 0.3) is 0 Å². The molecule has 78 valence electrons. The maximum Gasteiger partial charge on any atom is 0.408 e. The summed E-state index contributed by atoms with van der Waals surface area (Å²) in [7, 11) is 1.38. The molecular formula is C9H13NO4. The Balaban J connectivity index is 1.98. The van der Waals surface area contributed by atoms with Crippen LogP contribution in [0.25, 0.3) is 0 Å². The van der Waals surface area contributed by atoms with Crippen molar-refractivity contribution >= 4 is 12.1 Å². The number of hydrogen-bond acceptors (Lipinski definition) is 4. The van der Waals surface area contributed by atoms with E-state index in [1.807, 2.05) is 6.92 Å². The van der Waals surface area contributed by atoms with Gasteiger partial charge in [-0.05, 0) is 19.8 Å².